The molecule has 0 N–H and O–H groups in total. The van der Waals surface area contributed by atoms with Gasteiger partial charge in [0, 0.05) is 41.5 Å². The molecule has 0 bridgehead atoms. The fourth-order valence-electron chi connectivity index (χ4n) is 6.03. The molecule has 34 heavy (non-hydrogen) atoms. The summed E-state index contributed by atoms with van der Waals surface area (Å²) in [5.41, 5.74) is 3.42. The van der Waals surface area contributed by atoms with E-state index < -0.39 is 5.60 Å². The molecule has 0 amide bonds. The second-order valence-electron chi connectivity index (χ2n) is 9.36. The number of esters is 1. The second kappa shape index (κ2) is 8.17. The van der Waals surface area contributed by atoms with E-state index in [2.05, 4.69) is 35.8 Å². The zero-order chi connectivity index (χ0) is 23.3. The van der Waals surface area contributed by atoms with Crippen molar-refractivity contribution in [2.45, 2.75) is 38.3 Å². The quantitative estimate of drug-likeness (QED) is 0.483. The summed E-state index contributed by atoms with van der Waals surface area (Å²) in [5.74, 6) is 1.18. The van der Waals surface area contributed by atoms with Gasteiger partial charge in [-0.2, -0.15) is 0 Å². The number of hydrogen-bond acceptors (Lipinski definition) is 5. The minimum Gasteiger partial charge on any atom is -0.456 e. The fraction of sp³-hybridized carbons (Fsp3) is 0.345. The van der Waals surface area contributed by atoms with Crippen molar-refractivity contribution in [3.63, 3.8) is 0 Å². The molecule has 3 aromatic carbocycles. The van der Waals surface area contributed by atoms with Crippen LogP contribution in [0.4, 0.5) is 5.69 Å². The first kappa shape index (κ1) is 21.2. The average molecular weight is 455 g/mol. The molecule has 5 nitrogen and oxygen atoms in total. The average Bonchev–Trinajstić information content (AvgIpc) is 3.18. The number of carbonyl (C=O) groups excluding carboxylic acids is 1. The van der Waals surface area contributed by atoms with Crippen LogP contribution >= 0.6 is 0 Å². The van der Waals surface area contributed by atoms with Gasteiger partial charge >= 0.3 is 5.97 Å². The predicted molar refractivity (Wildman–Crippen MR) is 133 cm³/mol. The molecule has 3 aromatic rings. The van der Waals surface area contributed by atoms with E-state index in [0.717, 1.165) is 60.1 Å². The van der Waals surface area contributed by atoms with Gasteiger partial charge in [0.15, 0.2) is 5.60 Å². The van der Waals surface area contributed by atoms with E-state index in [1.165, 1.54) is 12.8 Å². The molecule has 6 rings (SSSR count). The summed E-state index contributed by atoms with van der Waals surface area (Å²) >= 11 is 0. The Labute approximate surface area is 200 Å². The summed E-state index contributed by atoms with van der Waals surface area (Å²) < 4.78 is 12.6. The highest BCUT2D eigenvalue weighted by Gasteiger charge is 2.53. The van der Waals surface area contributed by atoms with Gasteiger partial charge in [0.1, 0.15) is 11.5 Å². The van der Waals surface area contributed by atoms with Gasteiger partial charge in [-0.15, -0.1) is 0 Å². The molecule has 2 atom stereocenters. The molecular formula is C29H30N2O3. The summed E-state index contributed by atoms with van der Waals surface area (Å²) in [6.07, 6.45) is 2.40. The molecule has 174 valence electrons. The maximum atomic E-state index is 13.1. The van der Waals surface area contributed by atoms with Crippen molar-refractivity contribution in [2.75, 3.05) is 31.1 Å². The van der Waals surface area contributed by atoms with E-state index in [1.807, 2.05) is 54.6 Å². The number of nitrogens with zero attached hydrogens (tertiary/aromatic N) is 2. The number of benzene rings is 3. The number of carbonyl (C=O) groups is 1. The van der Waals surface area contributed by atoms with Crippen LogP contribution in [0.3, 0.4) is 0 Å². The van der Waals surface area contributed by atoms with Gasteiger partial charge in [-0.3, -0.25) is 4.90 Å². The Morgan fingerprint density at radius 1 is 0.941 bits per heavy atom. The van der Waals surface area contributed by atoms with E-state index in [4.69, 9.17) is 9.47 Å². The third-order valence-corrected chi connectivity index (χ3v) is 7.69. The molecule has 1 saturated heterocycles. The number of anilines is 1. The lowest BCUT2D eigenvalue weighted by molar-refractivity contribution is 0.0224. The lowest BCUT2D eigenvalue weighted by Gasteiger charge is -2.41. The highest BCUT2D eigenvalue weighted by molar-refractivity contribution is 5.97. The number of piperidine rings is 1. The monoisotopic (exact) mass is 454 g/mol. The van der Waals surface area contributed by atoms with Crippen molar-refractivity contribution < 1.29 is 14.3 Å². The number of rotatable bonds is 4. The summed E-state index contributed by atoms with van der Waals surface area (Å²) in [5, 5.41) is 0. The van der Waals surface area contributed by atoms with Crippen LogP contribution in [0.2, 0.25) is 0 Å². The van der Waals surface area contributed by atoms with Gasteiger partial charge in [0.05, 0.1) is 5.56 Å². The van der Waals surface area contributed by atoms with E-state index in [-0.39, 0.29) is 5.97 Å². The number of para-hydroxylation sites is 1. The van der Waals surface area contributed by atoms with Crippen LogP contribution in [0, 0.1) is 0 Å². The predicted octanol–water partition coefficient (Wildman–Crippen LogP) is 5.57. The zero-order valence-electron chi connectivity index (χ0n) is 19.8. The lowest BCUT2D eigenvalue weighted by Crippen LogP contribution is -2.48. The molecule has 0 saturated carbocycles. The molecule has 1 fully saturated rings. The van der Waals surface area contributed by atoms with Gasteiger partial charge in [-0.1, -0.05) is 50.2 Å². The van der Waals surface area contributed by atoms with Crippen LogP contribution < -0.4 is 9.64 Å². The van der Waals surface area contributed by atoms with Crippen LogP contribution in [0.1, 0.15) is 53.7 Å². The van der Waals surface area contributed by atoms with Gasteiger partial charge in [-0.05, 0) is 56.3 Å². The molecular weight excluding hydrogens is 424 g/mol. The van der Waals surface area contributed by atoms with Crippen molar-refractivity contribution >= 4 is 11.7 Å². The normalized spacial score (nSPS) is 22.7. The van der Waals surface area contributed by atoms with Gasteiger partial charge in [0.25, 0.3) is 0 Å². The fourth-order valence-corrected chi connectivity index (χ4v) is 6.03. The van der Waals surface area contributed by atoms with Crippen molar-refractivity contribution in [3.8, 4) is 11.5 Å². The van der Waals surface area contributed by atoms with Crippen molar-refractivity contribution in [2.24, 2.45) is 0 Å². The Balaban J connectivity index is 1.48. The van der Waals surface area contributed by atoms with Crippen LogP contribution in [0.25, 0.3) is 0 Å². The van der Waals surface area contributed by atoms with Gasteiger partial charge in [0.2, 0.25) is 0 Å². The zero-order valence-corrected chi connectivity index (χ0v) is 19.8. The molecule has 1 spiro atoms. The lowest BCUT2D eigenvalue weighted by atomic mass is 9.77. The summed E-state index contributed by atoms with van der Waals surface area (Å²) in [6, 6.07) is 22.5. The molecule has 0 aliphatic carbocycles. The summed E-state index contributed by atoms with van der Waals surface area (Å²) in [7, 11) is 0. The Morgan fingerprint density at radius 2 is 1.68 bits per heavy atom. The Morgan fingerprint density at radius 3 is 2.50 bits per heavy atom. The van der Waals surface area contributed by atoms with Crippen LogP contribution in [0.5, 0.6) is 11.5 Å². The summed E-state index contributed by atoms with van der Waals surface area (Å²) in [6.45, 7) is 8.65. The molecule has 3 aliphatic heterocycles. The SMILES string of the molecule is CCN(CC)C1CCCN(c2ccc3c(c2)C2(OC(=O)c4ccccc42)c2ccccc2O3)C1. The van der Waals surface area contributed by atoms with Crippen LogP contribution in [-0.4, -0.2) is 43.1 Å². The van der Waals surface area contributed by atoms with Gasteiger partial charge < -0.3 is 14.4 Å². The topological polar surface area (TPSA) is 42.0 Å². The van der Waals surface area contributed by atoms with E-state index in [0.29, 0.717) is 11.6 Å². The molecule has 2 unspecified atom stereocenters. The highest BCUT2D eigenvalue weighted by atomic mass is 16.6. The Kier molecular flexibility index (Phi) is 5.10. The number of likely N-dealkylation sites (N-methyl/N-ethyl adjacent to an activating group) is 1. The minimum atomic E-state index is -0.998. The largest absolute Gasteiger partial charge is 0.456 e. The Bertz CT molecular complexity index is 1250. The highest BCUT2D eigenvalue weighted by Crippen LogP contribution is 2.56. The molecule has 3 heterocycles. The van der Waals surface area contributed by atoms with E-state index >= 15 is 0 Å². The third-order valence-electron chi connectivity index (χ3n) is 7.69. The standard InChI is InChI=1S/C29H30N2O3/c1-3-30(4-2)21-10-9-17-31(19-21)20-15-16-27-25(18-20)29(24-13-7-8-14-26(24)33-27)23-12-6-5-11-22(23)28(32)34-29/h5-8,11-16,18,21H,3-4,9-10,17,19H2,1-2H3. The van der Waals surface area contributed by atoms with Crippen molar-refractivity contribution in [1.29, 1.82) is 0 Å². The third kappa shape index (κ3) is 3.07. The first-order valence-corrected chi connectivity index (χ1v) is 12.4. The second-order valence-corrected chi connectivity index (χ2v) is 9.36. The molecule has 3 aliphatic rings. The first-order valence-electron chi connectivity index (χ1n) is 12.4. The molecule has 0 aromatic heterocycles. The number of fused-ring (bicyclic) bond motifs is 6. The van der Waals surface area contributed by atoms with Crippen molar-refractivity contribution in [1.82, 2.24) is 4.90 Å². The minimum absolute atomic E-state index is 0.289. The summed E-state index contributed by atoms with van der Waals surface area (Å²) in [4.78, 5) is 18.1. The maximum absolute atomic E-state index is 13.1. The van der Waals surface area contributed by atoms with Gasteiger partial charge in [-0.25, -0.2) is 4.79 Å². The van der Waals surface area contributed by atoms with Crippen molar-refractivity contribution in [3.05, 3.63) is 89.0 Å². The van der Waals surface area contributed by atoms with E-state index in [1.54, 1.807) is 0 Å². The maximum Gasteiger partial charge on any atom is 0.340 e. The van der Waals surface area contributed by atoms with E-state index in [9.17, 15) is 4.79 Å². The molecule has 5 heteroatoms. The molecule has 0 radical (unpaired) electrons. The Hall–Kier alpha value is -3.31. The number of hydrogen-bond donors (Lipinski definition) is 0. The smallest absolute Gasteiger partial charge is 0.340 e. The first-order chi connectivity index (χ1) is 16.7. The van der Waals surface area contributed by atoms with Crippen LogP contribution in [-0.2, 0) is 10.3 Å². The van der Waals surface area contributed by atoms with Crippen LogP contribution in [0.15, 0.2) is 66.7 Å². The number of ether oxygens (including phenoxy) is 2.